The van der Waals surface area contributed by atoms with Gasteiger partial charge < -0.3 is 28.2 Å². The minimum atomic E-state index is -6.09. The van der Waals surface area contributed by atoms with Gasteiger partial charge in [-0.15, -0.1) is 0 Å². The third kappa shape index (κ3) is 13.6. The molecule has 1 unspecified atom stereocenters. The molecular weight excluding hydrogens is 990 g/mol. The van der Waals surface area contributed by atoms with Gasteiger partial charge in [-0.2, -0.15) is 35.5 Å². The minimum Gasteiger partial charge on any atom is -0.766 e. The van der Waals surface area contributed by atoms with Crippen LogP contribution in [0.3, 0.4) is 0 Å². The van der Waals surface area contributed by atoms with Gasteiger partial charge in [-0.1, -0.05) is 48.5 Å². The molecule has 1 atom stereocenters. The van der Waals surface area contributed by atoms with Crippen LogP contribution in [0.2, 0.25) is 0 Å². The van der Waals surface area contributed by atoms with E-state index in [9.17, 15) is 45.6 Å². The maximum Gasteiger partial charge on any atom is 0.524 e. The lowest BCUT2D eigenvalue weighted by Crippen LogP contribution is -2.31. The molecule has 8 rings (SSSR count). The van der Waals surface area contributed by atoms with Crippen LogP contribution in [0.15, 0.2) is 146 Å². The van der Waals surface area contributed by atoms with Crippen molar-refractivity contribution in [2.75, 3.05) is 0 Å². The number of hydrogen-bond donors (Lipinski definition) is 3. The predicted molar refractivity (Wildman–Crippen MR) is 233 cm³/mol. The summed E-state index contributed by atoms with van der Waals surface area (Å²) >= 11 is -3.93. The van der Waals surface area contributed by atoms with E-state index in [1.165, 1.54) is 36.4 Å². The number of hydrogen-bond acceptors (Lipinski definition) is 12. The average molecular weight is 1020 g/mol. The Bertz CT molecular complexity index is 3260. The lowest BCUT2D eigenvalue weighted by atomic mass is 10.0. The van der Waals surface area contributed by atoms with Crippen molar-refractivity contribution >= 4 is 84.6 Å². The van der Waals surface area contributed by atoms with Crippen molar-refractivity contribution in [1.82, 2.24) is 0 Å². The van der Waals surface area contributed by atoms with Crippen LogP contribution in [0.5, 0.6) is 23.0 Å². The van der Waals surface area contributed by atoms with Crippen molar-refractivity contribution in [3.05, 3.63) is 157 Å². The van der Waals surface area contributed by atoms with Gasteiger partial charge in [-0.05, 0) is 72.8 Å². The van der Waals surface area contributed by atoms with E-state index in [0.717, 1.165) is 43.6 Å². The van der Waals surface area contributed by atoms with E-state index in [2.05, 4.69) is 9.09 Å². The Labute approximate surface area is 388 Å². The quantitative estimate of drug-likeness (QED) is 0.0166. The second-order valence-electron chi connectivity index (χ2n) is 13.8. The van der Waals surface area contributed by atoms with E-state index in [1.54, 1.807) is 12.1 Å². The lowest BCUT2D eigenvalue weighted by molar-refractivity contribution is -0.617. The van der Waals surface area contributed by atoms with Crippen LogP contribution < -0.4 is 23.1 Å². The molecule has 362 valence electrons. The van der Waals surface area contributed by atoms with Gasteiger partial charge in [0.25, 0.3) is 0 Å². The van der Waals surface area contributed by atoms with Gasteiger partial charge in [-0.25, -0.2) is 22.6 Å². The summed E-state index contributed by atoms with van der Waals surface area (Å²) in [5.41, 5.74) is -6.04. The normalized spacial score (nSPS) is 12.1. The number of carbonyl (C=O) groups is 2. The van der Waals surface area contributed by atoms with E-state index in [1.807, 2.05) is 116 Å². The summed E-state index contributed by atoms with van der Waals surface area (Å²) in [6.07, 6.45) is 0. The van der Waals surface area contributed by atoms with E-state index >= 15 is 0 Å². The summed E-state index contributed by atoms with van der Waals surface area (Å²) in [6, 6.07) is 42.3. The smallest absolute Gasteiger partial charge is 0.524 e. The third-order valence-corrected chi connectivity index (χ3v) is 10.7. The fourth-order valence-electron chi connectivity index (χ4n) is 6.44. The molecule has 0 fully saturated rings. The number of phenols is 1. The lowest BCUT2D eigenvalue weighted by Gasteiger charge is -2.11. The summed E-state index contributed by atoms with van der Waals surface area (Å²) in [4.78, 5) is 43.7. The highest BCUT2D eigenvalue weighted by Gasteiger charge is 2.37. The van der Waals surface area contributed by atoms with Gasteiger partial charge in [0.2, 0.25) is 22.1 Å². The van der Waals surface area contributed by atoms with E-state index < -0.39 is 52.0 Å². The van der Waals surface area contributed by atoms with Crippen LogP contribution in [0, 0.1) is 0 Å². The van der Waals surface area contributed by atoms with E-state index in [-0.39, 0.29) is 17.2 Å². The first-order valence-electron chi connectivity index (χ1n) is 19.0. The molecule has 8 aromatic rings. The Morgan fingerprint density at radius 1 is 0.580 bits per heavy atom. The number of aromatic nitrogens is 2. The van der Waals surface area contributed by atoms with Crippen molar-refractivity contribution < 1.29 is 100 Å². The largest absolute Gasteiger partial charge is 0.766 e. The maximum atomic E-state index is 13.1. The Morgan fingerprint density at radius 2 is 0.841 bits per heavy atom. The number of esters is 2. The number of carbonyl (C=O) groups excluding carboxylic acids is 2. The molecule has 69 heavy (non-hydrogen) atoms. The molecule has 3 N–H and O–H groups in total. The number of ether oxygens (including phenoxy) is 2. The Balaban J connectivity index is 0.000000200. The Kier molecular flexibility index (Phi) is 16.5. The fourth-order valence-corrected chi connectivity index (χ4v) is 6.83. The molecule has 6 aromatic carbocycles. The van der Waals surface area contributed by atoms with Crippen LogP contribution in [-0.4, -0.2) is 59.6 Å². The van der Waals surface area contributed by atoms with Crippen LogP contribution >= 0.6 is 7.82 Å². The molecule has 16 nitrogen and oxygen atoms in total. The minimum absolute atomic E-state index is 0.0271. The molecule has 0 amide bonds. The number of halogens is 6. The van der Waals surface area contributed by atoms with Crippen LogP contribution in [0.25, 0.3) is 43.6 Å². The number of para-hydroxylation sites is 4. The van der Waals surface area contributed by atoms with Gasteiger partial charge in [0, 0.05) is 24.3 Å². The number of aromatic hydroxyl groups is 1. The summed E-state index contributed by atoms with van der Waals surface area (Å²) in [5.74, 6) is -0.220. The van der Waals surface area contributed by atoms with Gasteiger partial charge in [0.15, 0.2) is 10.1 Å². The van der Waals surface area contributed by atoms with Crippen LogP contribution in [-0.2, 0) is 39.9 Å². The molecule has 0 saturated carbocycles. The third-order valence-electron chi connectivity index (χ3n) is 9.33. The summed E-state index contributed by atoms with van der Waals surface area (Å²) in [6.45, 7) is 0. The number of phenolic OH excluding ortho intramolecular Hbond substituents is 1. The highest BCUT2D eigenvalue weighted by atomic mass is 32.2. The van der Waals surface area contributed by atoms with Gasteiger partial charge in [-0.3, -0.25) is 14.0 Å². The molecule has 2 aromatic heterocycles. The second-order valence-corrected chi connectivity index (χ2v) is 17.3. The summed E-state index contributed by atoms with van der Waals surface area (Å²) in [5, 5.41) is 12.6. The number of pyridine rings is 2. The highest BCUT2D eigenvalue weighted by molar-refractivity contribution is 7.86. The zero-order valence-electron chi connectivity index (χ0n) is 35.1. The molecule has 0 aliphatic rings. The van der Waals surface area contributed by atoms with Crippen LogP contribution in [0.4, 0.5) is 26.3 Å². The fraction of sp³-hybridized carbons (Fsp3) is 0.0909. The van der Waals surface area contributed by atoms with E-state index in [0.29, 0.717) is 16.9 Å². The zero-order valence-corrected chi connectivity index (χ0v) is 37.6. The van der Waals surface area contributed by atoms with Crippen molar-refractivity contribution in [2.24, 2.45) is 14.1 Å². The standard InChI is InChI=1S/C21H16NO6P.C21H15NO3.CHF3O3S.CHF3O2S/c1-22-18-8-4-2-6-16(18)20(17-7-3-5-9-19(17)22)21(23)27-14-10-12-15(13-11-14)28-29(24,25)26;1-22-18-8-4-2-6-16(18)20(17-7-3-5-9-19(17)22)21(24)25-15-12-10-14(23)11-13-15;2-1(3,4)8(5,6)7;2-1(3,4)7(5)6/h2-13H,1H3,(H-,24,25,26);2-13H,1H3;(H,5,6,7);(H,5,6). The monoisotopic (exact) mass is 1020 g/mol. The number of nitrogens with zero attached hydrogens (tertiary/aromatic N) is 2. The van der Waals surface area contributed by atoms with Crippen molar-refractivity contribution in [3.63, 3.8) is 0 Å². The summed E-state index contributed by atoms with van der Waals surface area (Å²) < 4.78 is 139. The van der Waals surface area contributed by atoms with Gasteiger partial charge in [0.05, 0.1) is 43.8 Å². The average Bonchev–Trinajstić information content (AvgIpc) is 3.27. The molecule has 0 bridgehead atoms. The Morgan fingerprint density at radius 3 is 1.10 bits per heavy atom. The van der Waals surface area contributed by atoms with Crippen molar-refractivity contribution in [2.45, 2.75) is 11.0 Å². The highest BCUT2D eigenvalue weighted by Crippen LogP contribution is 2.38. The first kappa shape index (κ1) is 52.9. The van der Waals surface area contributed by atoms with E-state index in [4.69, 9.17) is 41.0 Å². The second kappa shape index (κ2) is 21.5. The van der Waals surface area contributed by atoms with Crippen LogP contribution in [0.1, 0.15) is 20.7 Å². The molecule has 25 heteroatoms. The molecule has 0 spiro atoms. The number of benzene rings is 6. The molecule has 0 radical (unpaired) electrons. The number of aryl methyl sites for hydroxylation is 2. The number of fused-ring (bicyclic) bond motifs is 4. The van der Waals surface area contributed by atoms with Crippen molar-refractivity contribution in [1.29, 1.82) is 0 Å². The maximum absolute atomic E-state index is 13.1. The van der Waals surface area contributed by atoms with Gasteiger partial charge >= 0.3 is 30.8 Å². The molecule has 0 aliphatic heterocycles. The molecule has 0 aliphatic carbocycles. The molecular formula is C44H33F6N2O14PS2. The Hall–Kier alpha value is -7.05. The number of phosphoric acid groups is 1. The van der Waals surface area contributed by atoms with Crippen molar-refractivity contribution in [3.8, 4) is 23.0 Å². The number of phosphoric ester groups is 1. The first-order chi connectivity index (χ1) is 32.2. The molecule has 0 saturated heterocycles. The molecule has 2 heterocycles. The number of rotatable bonds is 6. The first-order valence-corrected chi connectivity index (χ1v) is 23.0. The zero-order chi connectivity index (χ0) is 51.1. The summed E-state index contributed by atoms with van der Waals surface area (Å²) in [7, 11) is -6.81. The number of alkyl halides is 6. The SMILES string of the molecule is C[n+]1c2ccccc2c(C(=O)Oc2ccc(O)cc2)c2ccccc21.C[n+]1c2ccccc2c(C(=O)Oc2ccc(OP(=O)(O)O)cc2)c2ccccc21.O=S(=O)([O-])C(F)(F)F.O=S([O-])C(F)(F)F. The predicted octanol–water partition coefficient (Wildman–Crippen LogP) is 7.69. The topological polar surface area (TPSA) is 245 Å². The van der Waals surface area contributed by atoms with Gasteiger partial charge in [0.1, 0.15) is 37.1 Å².